The van der Waals surface area contributed by atoms with E-state index in [0.29, 0.717) is 12.1 Å². The quantitative estimate of drug-likeness (QED) is 0.240. The SMILES string of the molecule is Fc1ccc(-c2ccc(-c3cccc(C(F)(F)F)c3)c(-c3ccc(C(F)(F)F)cc3Cl)c2F)cc1. The van der Waals surface area contributed by atoms with Crippen LogP contribution in [0.15, 0.2) is 78.9 Å². The average molecular weight is 513 g/mol. The molecule has 4 rings (SSSR count). The van der Waals surface area contributed by atoms with E-state index in [4.69, 9.17) is 11.6 Å². The van der Waals surface area contributed by atoms with Crippen LogP contribution in [0.3, 0.4) is 0 Å². The van der Waals surface area contributed by atoms with Crippen LogP contribution in [0.4, 0.5) is 35.1 Å². The lowest BCUT2D eigenvalue weighted by atomic mass is 9.89. The van der Waals surface area contributed by atoms with Crippen molar-refractivity contribution in [3.05, 3.63) is 107 Å². The monoisotopic (exact) mass is 512 g/mol. The first-order chi connectivity index (χ1) is 16.4. The molecule has 0 fully saturated rings. The molecule has 0 amide bonds. The topological polar surface area (TPSA) is 0 Å². The molecule has 35 heavy (non-hydrogen) atoms. The number of hydrogen-bond acceptors (Lipinski definition) is 0. The first-order valence-corrected chi connectivity index (χ1v) is 10.4. The second kappa shape index (κ2) is 9.00. The molecule has 9 heteroatoms. The van der Waals surface area contributed by atoms with Gasteiger partial charge in [-0.15, -0.1) is 0 Å². The van der Waals surface area contributed by atoms with E-state index in [1.807, 2.05) is 0 Å². The van der Waals surface area contributed by atoms with E-state index in [9.17, 15) is 30.7 Å². The molecular formula is C26H13ClF8. The fourth-order valence-corrected chi connectivity index (χ4v) is 3.96. The molecule has 0 nitrogen and oxygen atoms in total. The summed E-state index contributed by atoms with van der Waals surface area (Å²) in [5.41, 5.74) is -2.30. The van der Waals surface area contributed by atoms with Gasteiger partial charge in [-0.1, -0.05) is 54.1 Å². The molecule has 0 bridgehead atoms. The third-order valence-electron chi connectivity index (χ3n) is 5.36. The molecule has 0 spiro atoms. The molecule has 0 N–H and O–H groups in total. The van der Waals surface area contributed by atoms with E-state index >= 15 is 4.39 Å². The molecule has 4 aromatic carbocycles. The molecule has 0 atom stereocenters. The summed E-state index contributed by atoms with van der Waals surface area (Å²) in [6, 6.07) is 13.9. The van der Waals surface area contributed by atoms with E-state index in [0.717, 1.165) is 36.4 Å². The van der Waals surface area contributed by atoms with Gasteiger partial charge < -0.3 is 0 Å². The maximum Gasteiger partial charge on any atom is 0.416 e. The summed E-state index contributed by atoms with van der Waals surface area (Å²) >= 11 is 6.13. The molecule has 0 unspecified atom stereocenters. The highest BCUT2D eigenvalue weighted by atomic mass is 35.5. The lowest BCUT2D eigenvalue weighted by Crippen LogP contribution is -2.05. The van der Waals surface area contributed by atoms with Crippen molar-refractivity contribution in [2.24, 2.45) is 0 Å². The van der Waals surface area contributed by atoms with Gasteiger partial charge >= 0.3 is 12.4 Å². The third-order valence-corrected chi connectivity index (χ3v) is 5.68. The molecule has 0 aliphatic heterocycles. The zero-order valence-electron chi connectivity index (χ0n) is 17.4. The van der Waals surface area contributed by atoms with E-state index in [2.05, 4.69) is 0 Å². The van der Waals surface area contributed by atoms with Crippen molar-refractivity contribution >= 4 is 11.6 Å². The number of benzene rings is 4. The van der Waals surface area contributed by atoms with Crippen molar-refractivity contribution in [1.82, 2.24) is 0 Å². The van der Waals surface area contributed by atoms with Gasteiger partial charge in [0.2, 0.25) is 0 Å². The predicted octanol–water partition coefficient (Wildman–Crippen LogP) is 9.66. The summed E-state index contributed by atoms with van der Waals surface area (Å²) < 4.78 is 109. The lowest BCUT2D eigenvalue weighted by Gasteiger charge is -2.18. The number of hydrogen-bond donors (Lipinski definition) is 0. The van der Waals surface area contributed by atoms with Crippen LogP contribution in [0.1, 0.15) is 11.1 Å². The van der Waals surface area contributed by atoms with Crippen LogP contribution in [-0.2, 0) is 12.4 Å². The summed E-state index contributed by atoms with van der Waals surface area (Å²) in [6.45, 7) is 0. The van der Waals surface area contributed by atoms with Gasteiger partial charge in [0.1, 0.15) is 11.6 Å². The van der Waals surface area contributed by atoms with Gasteiger partial charge in [-0.2, -0.15) is 26.3 Å². The standard InChI is InChI=1S/C26H13ClF8/c27-22-13-17(26(33,34)35)6-9-21(22)23-19(15-2-1-3-16(12-15)25(30,31)32)10-11-20(24(23)29)14-4-7-18(28)8-5-14/h1-13H. The average Bonchev–Trinajstić information content (AvgIpc) is 2.79. The van der Waals surface area contributed by atoms with Gasteiger partial charge in [-0.3, -0.25) is 0 Å². The Morgan fingerprint density at radius 1 is 0.543 bits per heavy atom. The summed E-state index contributed by atoms with van der Waals surface area (Å²) in [4.78, 5) is 0. The van der Waals surface area contributed by atoms with Gasteiger partial charge in [-0.05, 0) is 53.1 Å². The first kappa shape index (κ1) is 24.7. The van der Waals surface area contributed by atoms with Crippen molar-refractivity contribution < 1.29 is 35.1 Å². The van der Waals surface area contributed by atoms with Gasteiger partial charge in [0.15, 0.2) is 0 Å². The largest absolute Gasteiger partial charge is 0.416 e. The molecule has 0 saturated carbocycles. The minimum Gasteiger partial charge on any atom is -0.207 e. The Morgan fingerprint density at radius 2 is 1.11 bits per heavy atom. The minimum absolute atomic E-state index is 0.0129. The Balaban J connectivity index is 2.00. The summed E-state index contributed by atoms with van der Waals surface area (Å²) in [7, 11) is 0. The smallest absolute Gasteiger partial charge is 0.207 e. The fourth-order valence-electron chi connectivity index (χ4n) is 3.69. The van der Waals surface area contributed by atoms with Gasteiger partial charge in [0, 0.05) is 21.7 Å². The van der Waals surface area contributed by atoms with Crippen molar-refractivity contribution in [2.45, 2.75) is 12.4 Å². The first-order valence-electron chi connectivity index (χ1n) is 9.99. The zero-order valence-corrected chi connectivity index (χ0v) is 18.2. The second-order valence-electron chi connectivity index (χ2n) is 7.63. The second-order valence-corrected chi connectivity index (χ2v) is 8.03. The number of halogens is 9. The molecule has 4 aromatic rings. The molecule has 0 heterocycles. The van der Waals surface area contributed by atoms with Crippen LogP contribution in [0.25, 0.3) is 33.4 Å². The van der Waals surface area contributed by atoms with Crippen molar-refractivity contribution in [3.63, 3.8) is 0 Å². The maximum absolute atomic E-state index is 15.9. The Bertz CT molecular complexity index is 1390. The van der Waals surface area contributed by atoms with E-state index in [1.165, 1.54) is 30.3 Å². The van der Waals surface area contributed by atoms with E-state index in [1.54, 1.807) is 0 Å². The molecule has 0 radical (unpaired) electrons. The van der Waals surface area contributed by atoms with Crippen LogP contribution >= 0.6 is 11.6 Å². The molecule has 0 aliphatic carbocycles. The van der Waals surface area contributed by atoms with Crippen LogP contribution in [0.2, 0.25) is 5.02 Å². The van der Waals surface area contributed by atoms with Crippen molar-refractivity contribution in [1.29, 1.82) is 0 Å². The van der Waals surface area contributed by atoms with Gasteiger partial charge in [0.25, 0.3) is 0 Å². The number of rotatable bonds is 3. The van der Waals surface area contributed by atoms with Crippen molar-refractivity contribution in [3.8, 4) is 33.4 Å². The molecule has 0 saturated heterocycles. The van der Waals surface area contributed by atoms with Crippen LogP contribution in [0.5, 0.6) is 0 Å². The fraction of sp³-hybridized carbons (Fsp3) is 0.0769. The zero-order chi connectivity index (χ0) is 25.5. The van der Waals surface area contributed by atoms with Gasteiger partial charge in [0.05, 0.1) is 11.1 Å². The number of alkyl halides is 6. The summed E-state index contributed by atoms with van der Waals surface area (Å²) in [5.74, 6) is -1.51. The third kappa shape index (κ3) is 5.03. The summed E-state index contributed by atoms with van der Waals surface area (Å²) in [6.07, 6.45) is -9.38. The molecule has 0 aromatic heterocycles. The van der Waals surface area contributed by atoms with Gasteiger partial charge in [-0.25, -0.2) is 8.78 Å². The minimum atomic E-state index is -4.71. The van der Waals surface area contributed by atoms with Crippen LogP contribution < -0.4 is 0 Å². The predicted molar refractivity (Wildman–Crippen MR) is 118 cm³/mol. The summed E-state index contributed by atoms with van der Waals surface area (Å²) in [5, 5.41) is -0.441. The maximum atomic E-state index is 15.9. The highest BCUT2D eigenvalue weighted by Gasteiger charge is 2.32. The molecular weight excluding hydrogens is 500 g/mol. The van der Waals surface area contributed by atoms with Crippen molar-refractivity contribution in [2.75, 3.05) is 0 Å². The Hall–Kier alpha value is -3.39. The van der Waals surface area contributed by atoms with E-state index in [-0.39, 0.29) is 33.4 Å². The Kier molecular flexibility index (Phi) is 6.36. The van der Waals surface area contributed by atoms with E-state index < -0.39 is 40.1 Å². The van der Waals surface area contributed by atoms with Crippen LogP contribution in [0, 0.1) is 11.6 Å². The molecule has 0 aliphatic rings. The highest BCUT2D eigenvalue weighted by molar-refractivity contribution is 6.33. The highest BCUT2D eigenvalue weighted by Crippen LogP contribution is 2.44. The van der Waals surface area contributed by atoms with Crippen LogP contribution in [-0.4, -0.2) is 0 Å². The normalized spacial score (nSPS) is 12.1. The Labute approximate surface area is 199 Å². The lowest BCUT2D eigenvalue weighted by molar-refractivity contribution is -0.138. The Morgan fingerprint density at radius 3 is 1.71 bits per heavy atom. The molecule has 180 valence electrons.